The number of rotatable bonds is 5. The average molecular weight is 267 g/mol. The third-order valence-electron chi connectivity index (χ3n) is 4.64. The molecule has 0 unspecified atom stereocenters. The van der Waals surface area contributed by atoms with Crippen LogP contribution in [0.1, 0.15) is 57.8 Å². The van der Waals surface area contributed by atoms with E-state index in [2.05, 4.69) is 22.6 Å². The number of hydrogen-bond donors (Lipinski definition) is 2. The molecule has 0 aromatic carbocycles. The first-order valence-corrected chi connectivity index (χ1v) is 8.00. The van der Waals surface area contributed by atoms with E-state index in [4.69, 9.17) is 0 Å². The van der Waals surface area contributed by atoms with E-state index < -0.39 is 0 Å². The van der Waals surface area contributed by atoms with Crippen LogP contribution in [0.5, 0.6) is 0 Å². The molecule has 0 spiro atoms. The smallest absolute Gasteiger partial charge is 0.315 e. The molecule has 19 heavy (non-hydrogen) atoms. The Morgan fingerprint density at radius 3 is 2.37 bits per heavy atom. The highest BCUT2D eigenvalue weighted by Crippen LogP contribution is 2.21. The lowest BCUT2D eigenvalue weighted by Crippen LogP contribution is -2.45. The molecule has 110 valence electrons. The largest absolute Gasteiger partial charge is 0.337 e. The normalized spacial score (nSPS) is 21.8. The minimum atomic E-state index is 0.0201. The van der Waals surface area contributed by atoms with Gasteiger partial charge in [0.2, 0.25) is 0 Å². The second-order valence-electron chi connectivity index (χ2n) is 6.15. The van der Waals surface area contributed by atoms with Crippen LogP contribution in [0.2, 0.25) is 0 Å². The molecule has 4 nitrogen and oxygen atoms in total. The summed E-state index contributed by atoms with van der Waals surface area (Å²) in [6, 6.07) is 1.16. The minimum absolute atomic E-state index is 0.0201. The van der Waals surface area contributed by atoms with Gasteiger partial charge >= 0.3 is 6.03 Å². The molecule has 2 rings (SSSR count). The fraction of sp³-hybridized carbons (Fsp3) is 0.933. The van der Waals surface area contributed by atoms with Gasteiger partial charge in [-0.05, 0) is 32.7 Å². The van der Waals surface area contributed by atoms with Crippen molar-refractivity contribution in [3.63, 3.8) is 0 Å². The van der Waals surface area contributed by atoms with Crippen LogP contribution in [0.3, 0.4) is 0 Å². The predicted molar refractivity (Wildman–Crippen MR) is 78.3 cm³/mol. The van der Waals surface area contributed by atoms with Crippen LogP contribution in [0, 0.1) is 0 Å². The van der Waals surface area contributed by atoms with Crippen molar-refractivity contribution in [2.45, 2.75) is 69.9 Å². The van der Waals surface area contributed by atoms with E-state index in [0.717, 1.165) is 32.0 Å². The van der Waals surface area contributed by atoms with E-state index in [1.807, 2.05) is 0 Å². The van der Waals surface area contributed by atoms with Gasteiger partial charge in [-0.1, -0.05) is 32.1 Å². The van der Waals surface area contributed by atoms with Gasteiger partial charge in [0.25, 0.3) is 0 Å². The van der Waals surface area contributed by atoms with Crippen molar-refractivity contribution in [1.82, 2.24) is 15.5 Å². The second kappa shape index (κ2) is 7.73. The highest BCUT2D eigenvalue weighted by molar-refractivity contribution is 5.74. The van der Waals surface area contributed by atoms with Crippen molar-refractivity contribution in [2.24, 2.45) is 0 Å². The number of carbonyl (C=O) groups excluding carboxylic acids is 1. The maximum atomic E-state index is 11.8. The Bertz CT molecular complexity index is 271. The van der Waals surface area contributed by atoms with Crippen molar-refractivity contribution >= 4 is 6.03 Å². The summed E-state index contributed by atoms with van der Waals surface area (Å²) in [5.41, 5.74) is 0. The monoisotopic (exact) mass is 267 g/mol. The molecule has 2 amide bonds. The Labute approximate surface area is 117 Å². The van der Waals surface area contributed by atoms with Crippen LogP contribution in [-0.2, 0) is 0 Å². The van der Waals surface area contributed by atoms with Crippen molar-refractivity contribution < 1.29 is 4.79 Å². The summed E-state index contributed by atoms with van der Waals surface area (Å²) < 4.78 is 0. The fourth-order valence-electron chi connectivity index (χ4n) is 3.36. The van der Waals surface area contributed by atoms with E-state index in [1.54, 1.807) is 0 Å². The highest BCUT2D eigenvalue weighted by Gasteiger charge is 2.19. The van der Waals surface area contributed by atoms with Crippen LogP contribution in [-0.4, -0.2) is 43.2 Å². The second-order valence-corrected chi connectivity index (χ2v) is 6.15. The van der Waals surface area contributed by atoms with Gasteiger partial charge in [-0.25, -0.2) is 4.79 Å². The van der Waals surface area contributed by atoms with Crippen LogP contribution in [0.15, 0.2) is 0 Å². The van der Waals surface area contributed by atoms with Crippen LogP contribution in [0.25, 0.3) is 0 Å². The summed E-state index contributed by atoms with van der Waals surface area (Å²) in [6.07, 6.45) is 11.5. The summed E-state index contributed by atoms with van der Waals surface area (Å²) >= 11 is 0. The molecule has 0 aromatic rings. The Hall–Kier alpha value is -0.770. The average Bonchev–Trinajstić information content (AvgIpc) is 2.93. The van der Waals surface area contributed by atoms with Gasteiger partial charge in [0.15, 0.2) is 0 Å². The van der Waals surface area contributed by atoms with Gasteiger partial charge in [0, 0.05) is 25.2 Å². The minimum Gasteiger partial charge on any atom is -0.337 e. The maximum Gasteiger partial charge on any atom is 0.315 e. The molecule has 2 aliphatic carbocycles. The van der Waals surface area contributed by atoms with Gasteiger partial charge < -0.3 is 15.5 Å². The molecule has 0 heterocycles. The van der Waals surface area contributed by atoms with E-state index in [-0.39, 0.29) is 6.03 Å². The lowest BCUT2D eigenvalue weighted by molar-refractivity contribution is 0.222. The third kappa shape index (κ3) is 5.01. The predicted octanol–water partition coefficient (Wildman–Crippen LogP) is 2.49. The van der Waals surface area contributed by atoms with E-state index in [1.165, 1.54) is 44.9 Å². The molecule has 2 saturated carbocycles. The highest BCUT2D eigenvalue weighted by atomic mass is 16.2. The maximum absolute atomic E-state index is 11.8. The number of nitrogens with one attached hydrogen (secondary N) is 2. The number of nitrogens with zero attached hydrogens (tertiary/aromatic N) is 1. The summed E-state index contributed by atoms with van der Waals surface area (Å²) in [5, 5.41) is 6.09. The number of likely N-dealkylation sites (N-methyl/N-ethyl adjacent to an activating group) is 1. The Morgan fingerprint density at radius 1 is 1.05 bits per heavy atom. The van der Waals surface area contributed by atoms with Crippen LogP contribution < -0.4 is 10.6 Å². The molecule has 0 aliphatic heterocycles. The molecule has 4 heteroatoms. The van der Waals surface area contributed by atoms with Gasteiger partial charge in [0.05, 0.1) is 0 Å². The molecule has 0 radical (unpaired) electrons. The van der Waals surface area contributed by atoms with Crippen molar-refractivity contribution in [3.8, 4) is 0 Å². The fourth-order valence-corrected chi connectivity index (χ4v) is 3.36. The summed E-state index contributed by atoms with van der Waals surface area (Å²) in [6.45, 7) is 1.72. The Morgan fingerprint density at radius 2 is 1.68 bits per heavy atom. The molecule has 2 N–H and O–H groups in total. The first-order valence-electron chi connectivity index (χ1n) is 8.00. The molecular formula is C15H29N3O. The van der Waals surface area contributed by atoms with Gasteiger partial charge in [-0.3, -0.25) is 0 Å². The number of urea groups is 1. The van der Waals surface area contributed by atoms with Gasteiger partial charge in [-0.15, -0.1) is 0 Å². The molecule has 0 saturated heterocycles. The molecule has 0 bridgehead atoms. The zero-order valence-corrected chi connectivity index (χ0v) is 12.3. The first-order chi connectivity index (χ1) is 9.25. The molecule has 0 aromatic heterocycles. The van der Waals surface area contributed by atoms with E-state index >= 15 is 0 Å². The summed E-state index contributed by atoms with van der Waals surface area (Å²) in [5.74, 6) is 0. The standard InChI is InChI=1S/C15H29N3O/c1-18(14-9-5-6-10-14)12-11-16-15(19)17-13-7-3-2-4-8-13/h13-14H,2-12H2,1H3,(H2,16,17,19). The molecular weight excluding hydrogens is 238 g/mol. The molecule has 2 aliphatic rings. The SMILES string of the molecule is CN(CCNC(=O)NC1CCCCC1)C1CCCC1. The Kier molecular flexibility index (Phi) is 5.95. The lowest BCUT2D eigenvalue weighted by atomic mass is 9.96. The third-order valence-corrected chi connectivity index (χ3v) is 4.64. The molecule has 2 fully saturated rings. The number of amides is 2. The van der Waals surface area contributed by atoms with Crippen molar-refractivity contribution in [2.75, 3.05) is 20.1 Å². The van der Waals surface area contributed by atoms with Crippen molar-refractivity contribution in [3.05, 3.63) is 0 Å². The van der Waals surface area contributed by atoms with E-state index in [0.29, 0.717) is 6.04 Å². The lowest BCUT2D eigenvalue weighted by Gasteiger charge is -2.25. The summed E-state index contributed by atoms with van der Waals surface area (Å²) in [7, 11) is 2.18. The zero-order valence-electron chi connectivity index (χ0n) is 12.3. The van der Waals surface area contributed by atoms with Gasteiger partial charge in [0.1, 0.15) is 0 Å². The van der Waals surface area contributed by atoms with E-state index in [9.17, 15) is 4.79 Å². The van der Waals surface area contributed by atoms with Crippen LogP contribution >= 0.6 is 0 Å². The zero-order chi connectivity index (χ0) is 13.5. The summed E-state index contributed by atoms with van der Waals surface area (Å²) in [4.78, 5) is 14.2. The van der Waals surface area contributed by atoms with Gasteiger partial charge in [-0.2, -0.15) is 0 Å². The number of hydrogen-bond acceptors (Lipinski definition) is 2. The molecule has 0 atom stereocenters. The first kappa shape index (κ1) is 14.6. The van der Waals surface area contributed by atoms with Crippen LogP contribution in [0.4, 0.5) is 4.79 Å². The van der Waals surface area contributed by atoms with Crippen molar-refractivity contribution in [1.29, 1.82) is 0 Å². The Balaban J connectivity index is 1.55. The quantitative estimate of drug-likeness (QED) is 0.804. The number of carbonyl (C=O) groups is 1. The topological polar surface area (TPSA) is 44.4 Å².